The molecule has 3 rings (SSSR count). The average Bonchev–Trinajstić information content (AvgIpc) is 3.17. The predicted octanol–water partition coefficient (Wildman–Crippen LogP) is 3.46. The Bertz CT molecular complexity index is 839. The third kappa shape index (κ3) is 5.28. The van der Waals surface area contributed by atoms with Crippen molar-refractivity contribution in [2.75, 3.05) is 0 Å². The van der Waals surface area contributed by atoms with Gasteiger partial charge in [-0.15, -0.1) is 0 Å². The van der Waals surface area contributed by atoms with Crippen molar-refractivity contribution in [2.24, 2.45) is 5.92 Å². The number of H-pyrrole nitrogens is 1. The molecule has 2 heterocycles. The number of hydroxylamine groups is 1. The molecule has 1 aliphatic rings. The van der Waals surface area contributed by atoms with Crippen LogP contribution in [-0.2, 0) is 4.79 Å². The Hall–Kier alpha value is -2.48. The molecule has 0 radical (unpaired) electrons. The van der Waals surface area contributed by atoms with Crippen LogP contribution in [0.2, 0.25) is 0 Å². The summed E-state index contributed by atoms with van der Waals surface area (Å²) < 4.78 is 5.38. The lowest BCUT2D eigenvalue weighted by Gasteiger charge is -2.22. The molecule has 2 aromatic rings. The summed E-state index contributed by atoms with van der Waals surface area (Å²) in [5, 5.41) is 12.8. The summed E-state index contributed by atoms with van der Waals surface area (Å²) in [5.74, 6) is 0.503. The largest absolute Gasteiger partial charge is 0.339 e. The fourth-order valence-electron chi connectivity index (χ4n) is 3.97. The van der Waals surface area contributed by atoms with Gasteiger partial charge in [-0.1, -0.05) is 50.1 Å². The first-order chi connectivity index (χ1) is 13.6. The number of aryl methyl sites for hydroxylation is 1. The fraction of sp³-hybridized carbons (Fsp3) is 0.600. The van der Waals surface area contributed by atoms with Crippen LogP contribution in [0.3, 0.4) is 0 Å². The number of aromatic amines is 1. The van der Waals surface area contributed by atoms with E-state index >= 15 is 0 Å². The van der Waals surface area contributed by atoms with E-state index in [1.807, 2.05) is 0 Å². The van der Waals surface area contributed by atoms with Crippen LogP contribution in [0.1, 0.15) is 75.3 Å². The Morgan fingerprint density at radius 3 is 2.86 bits per heavy atom. The lowest BCUT2D eigenvalue weighted by atomic mass is 9.84. The standard InChI is InChI=1S/C20H28N4O4/c1-13-10-11-16(19(26)21-13)18-22-20(28-24-18)15(12-17(25)23-27)9-5-8-14-6-3-2-4-7-14/h10-11,14-15,27H,2-9,12H2,1H3,(H,21,26)(H,23,25). The van der Waals surface area contributed by atoms with Gasteiger partial charge in [0.2, 0.25) is 17.6 Å². The molecule has 0 aliphatic heterocycles. The molecule has 152 valence electrons. The number of hydrogen-bond acceptors (Lipinski definition) is 6. The lowest BCUT2D eigenvalue weighted by Crippen LogP contribution is -2.21. The SMILES string of the molecule is Cc1ccc(-c2noc(C(CCCC3CCCCC3)CC(=O)NO)n2)c(=O)[nH]1. The van der Waals surface area contributed by atoms with E-state index in [0.717, 1.165) is 30.9 Å². The minimum Gasteiger partial charge on any atom is -0.339 e. The highest BCUT2D eigenvalue weighted by Crippen LogP contribution is 2.31. The Labute approximate surface area is 163 Å². The molecule has 1 unspecified atom stereocenters. The number of nitrogens with zero attached hydrogens (tertiary/aromatic N) is 2. The molecule has 1 aliphatic carbocycles. The number of aromatic nitrogens is 3. The molecule has 1 saturated carbocycles. The van der Waals surface area contributed by atoms with Gasteiger partial charge in [-0.25, -0.2) is 5.48 Å². The summed E-state index contributed by atoms with van der Waals surface area (Å²) in [7, 11) is 0. The van der Waals surface area contributed by atoms with E-state index in [9.17, 15) is 9.59 Å². The normalized spacial score (nSPS) is 16.1. The molecule has 2 aromatic heterocycles. The summed E-state index contributed by atoms with van der Waals surface area (Å²) in [5.41, 5.74) is 2.47. The minimum atomic E-state index is -0.490. The highest BCUT2D eigenvalue weighted by molar-refractivity contribution is 5.75. The van der Waals surface area contributed by atoms with Crippen LogP contribution in [0.25, 0.3) is 11.4 Å². The van der Waals surface area contributed by atoms with Gasteiger partial charge in [0, 0.05) is 18.0 Å². The molecule has 3 N–H and O–H groups in total. The van der Waals surface area contributed by atoms with Crippen molar-refractivity contribution in [1.29, 1.82) is 0 Å². The molecule has 1 fully saturated rings. The Morgan fingerprint density at radius 2 is 2.14 bits per heavy atom. The highest BCUT2D eigenvalue weighted by Gasteiger charge is 2.24. The van der Waals surface area contributed by atoms with Crippen LogP contribution in [0, 0.1) is 12.8 Å². The maximum Gasteiger partial charge on any atom is 0.259 e. The molecule has 28 heavy (non-hydrogen) atoms. The zero-order chi connectivity index (χ0) is 19.9. The van der Waals surface area contributed by atoms with E-state index in [-0.39, 0.29) is 23.7 Å². The monoisotopic (exact) mass is 388 g/mol. The second-order valence-corrected chi connectivity index (χ2v) is 7.71. The second kappa shape index (κ2) is 9.64. The molecule has 1 amide bonds. The van der Waals surface area contributed by atoms with Crippen LogP contribution in [0.5, 0.6) is 0 Å². The summed E-state index contributed by atoms with van der Waals surface area (Å²) in [6.45, 7) is 1.79. The fourth-order valence-corrected chi connectivity index (χ4v) is 3.97. The van der Waals surface area contributed by atoms with Crippen LogP contribution in [0.15, 0.2) is 21.5 Å². The van der Waals surface area contributed by atoms with E-state index in [4.69, 9.17) is 9.73 Å². The Balaban J connectivity index is 1.69. The molecular weight excluding hydrogens is 360 g/mol. The summed E-state index contributed by atoms with van der Waals surface area (Å²) in [6.07, 6.45) is 9.36. The van der Waals surface area contributed by atoms with E-state index in [1.165, 1.54) is 32.1 Å². The van der Waals surface area contributed by atoms with Crippen LogP contribution in [-0.4, -0.2) is 26.2 Å². The third-order valence-electron chi connectivity index (χ3n) is 5.53. The Kier molecular flexibility index (Phi) is 6.97. The van der Waals surface area contributed by atoms with Gasteiger partial charge in [0.1, 0.15) is 0 Å². The summed E-state index contributed by atoms with van der Waals surface area (Å²) >= 11 is 0. The molecule has 0 saturated heterocycles. The number of hydrogen-bond donors (Lipinski definition) is 3. The van der Waals surface area contributed by atoms with Crippen molar-refractivity contribution >= 4 is 5.91 Å². The van der Waals surface area contributed by atoms with Gasteiger partial charge in [-0.2, -0.15) is 4.98 Å². The average molecular weight is 388 g/mol. The maximum atomic E-state index is 12.1. The van der Waals surface area contributed by atoms with Gasteiger partial charge in [-0.3, -0.25) is 14.8 Å². The van der Waals surface area contributed by atoms with Crippen molar-refractivity contribution in [3.63, 3.8) is 0 Å². The number of pyridine rings is 1. The topological polar surface area (TPSA) is 121 Å². The van der Waals surface area contributed by atoms with Crippen LogP contribution < -0.4 is 11.0 Å². The van der Waals surface area contributed by atoms with Gasteiger partial charge in [0.15, 0.2) is 0 Å². The first kappa shape index (κ1) is 20.3. The highest BCUT2D eigenvalue weighted by atomic mass is 16.5. The van der Waals surface area contributed by atoms with E-state index in [2.05, 4.69) is 15.1 Å². The van der Waals surface area contributed by atoms with Crippen molar-refractivity contribution in [3.8, 4) is 11.4 Å². The molecule has 1 atom stereocenters. The maximum absolute atomic E-state index is 12.1. The van der Waals surface area contributed by atoms with Crippen molar-refractivity contribution in [2.45, 2.75) is 70.6 Å². The van der Waals surface area contributed by atoms with Crippen molar-refractivity contribution in [1.82, 2.24) is 20.6 Å². The van der Waals surface area contributed by atoms with Gasteiger partial charge in [0.05, 0.1) is 5.56 Å². The summed E-state index contributed by atoms with van der Waals surface area (Å²) in [4.78, 5) is 30.9. The molecule has 0 aromatic carbocycles. The number of carbonyl (C=O) groups excluding carboxylic acids is 1. The van der Waals surface area contributed by atoms with Crippen LogP contribution >= 0.6 is 0 Å². The lowest BCUT2D eigenvalue weighted by molar-refractivity contribution is -0.129. The number of amides is 1. The predicted molar refractivity (Wildman–Crippen MR) is 103 cm³/mol. The molecular formula is C20H28N4O4. The van der Waals surface area contributed by atoms with Crippen LogP contribution in [0.4, 0.5) is 0 Å². The molecule has 0 bridgehead atoms. The second-order valence-electron chi connectivity index (χ2n) is 7.71. The summed E-state index contributed by atoms with van der Waals surface area (Å²) in [6, 6.07) is 3.43. The first-order valence-corrected chi connectivity index (χ1v) is 10.0. The molecule has 0 spiro atoms. The minimum absolute atomic E-state index is 0.0626. The number of nitrogens with one attached hydrogen (secondary N) is 2. The van der Waals surface area contributed by atoms with Crippen molar-refractivity contribution in [3.05, 3.63) is 34.1 Å². The first-order valence-electron chi connectivity index (χ1n) is 10.0. The van der Waals surface area contributed by atoms with Crippen molar-refractivity contribution < 1.29 is 14.5 Å². The number of rotatable bonds is 8. The van der Waals surface area contributed by atoms with Gasteiger partial charge >= 0.3 is 0 Å². The molecule has 8 nitrogen and oxygen atoms in total. The Morgan fingerprint density at radius 1 is 1.36 bits per heavy atom. The van der Waals surface area contributed by atoms with E-state index < -0.39 is 5.91 Å². The van der Waals surface area contributed by atoms with E-state index in [1.54, 1.807) is 24.5 Å². The smallest absolute Gasteiger partial charge is 0.259 e. The zero-order valence-electron chi connectivity index (χ0n) is 16.2. The number of carbonyl (C=O) groups is 1. The zero-order valence-corrected chi connectivity index (χ0v) is 16.2. The quantitative estimate of drug-likeness (QED) is 0.470. The molecule has 8 heteroatoms. The van der Waals surface area contributed by atoms with Gasteiger partial charge in [0.25, 0.3) is 5.56 Å². The third-order valence-corrected chi connectivity index (χ3v) is 5.53. The van der Waals surface area contributed by atoms with E-state index in [0.29, 0.717) is 11.5 Å². The van der Waals surface area contributed by atoms with Gasteiger partial charge < -0.3 is 9.51 Å². The van der Waals surface area contributed by atoms with Gasteiger partial charge in [-0.05, 0) is 31.4 Å².